The topological polar surface area (TPSA) is 26.0 Å². The van der Waals surface area contributed by atoms with Crippen LogP contribution in [0.25, 0.3) is 0 Å². The normalized spacial score (nSPS) is 12.0. The van der Waals surface area contributed by atoms with E-state index in [2.05, 4.69) is 41.2 Å². The number of halogens is 1. The number of thiophene rings is 1. The largest absolute Gasteiger partial charge is 0.330 e. The molecule has 0 fully saturated rings. The Morgan fingerprint density at radius 2 is 2.25 bits per heavy atom. The average Bonchev–Trinajstić information content (AvgIpc) is 2.35. The van der Waals surface area contributed by atoms with Crippen molar-refractivity contribution in [1.82, 2.24) is 0 Å². The molecule has 0 atom stereocenters. The van der Waals surface area contributed by atoms with Crippen molar-refractivity contribution in [3.63, 3.8) is 0 Å². The molecule has 0 unspecified atom stereocenters. The van der Waals surface area contributed by atoms with Crippen LogP contribution in [0.2, 0.25) is 0 Å². The van der Waals surface area contributed by atoms with E-state index in [4.69, 9.17) is 5.73 Å². The van der Waals surface area contributed by atoms with Crippen molar-refractivity contribution in [2.24, 2.45) is 11.1 Å². The Kier molecular flexibility index (Phi) is 3.32. The summed E-state index contributed by atoms with van der Waals surface area (Å²) in [5.41, 5.74) is 7.25. The molecule has 12 heavy (non-hydrogen) atoms. The quantitative estimate of drug-likeness (QED) is 0.874. The van der Waals surface area contributed by atoms with Crippen molar-refractivity contribution in [2.45, 2.75) is 20.3 Å². The van der Waals surface area contributed by atoms with E-state index in [1.807, 2.05) is 0 Å². The predicted octanol–water partition coefficient (Wildman–Crippen LogP) is 3.04. The Balaban J connectivity index is 2.63. The van der Waals surface area contributed by atoms with Gasteiger partial charge >= 0.3 is 0 Å². The van der Waals surface area contributed by atoms with Crippen molar-refractivity contribution in [3.05, 3.63) is 20.8 Å². The molecule has 0 aliphatic carbocycles. The smallest absolute Gasteiger partial charge is 0.0701 e. The molecule has 1 nitrogen and oxygen atoms in total. The second-order valence-corrected chi connectivity index (χ2v) is 6.09. The van der Waals surface area contributed by atoms with Gasteiger partial charge < -0.3 is 5.73 Å². The van der Waals surface area contributed by atoms with Gasteiger partial charge in [0.2, 0.25) is 0 Å². The van der Waals surface area contributed by atoms with E-state index in [0.29, 0.717) is 0 Å². The molecule has 68 valence electrons. The van der Waals surface area contributed by atoms with Crippen LogP contribution in [0.3, 0.4) is 0 Å². The summed E-state index contributed by atoms with van der Waals surface area (Å²) in [6.45, 7) is 5.12. The summed E-state index contributed by atoms with van der Waals surface area (Å²) in [7, 11) is 0. The maximum Gasteiger partial charge on any atom is 0.0701 e. The zero-order valence-corrected chi connectivity index (χ0v) is 9.83. The van der Waals surface area contributed by atoms with Gasteiger partial charge in [0.15, 0.2) is 0 Å². The average molecular weight is 248 g/mol. The van der Waals surface area contributed by atoms with E-state index in [1.54, 1.807) is 11.3 Å². The third-order valence-corrected chi connectivity index (χ3v) is 3.41. The molecule has 0 aromatic carbocycles. The lowest BCUT2D eigenvalue weighted by molar-refractivity contribution is 0.377. The van der Waals surface area contributed by atoms with E-state index in [0.717, 1.165) is 13.0 Å². The van der Waals surface area contributed by atoms with Gasteiger partial charge in [0.25, 0.3) is 0 Å². The molecule has 2 N–H and O–H groups in total. The number of hydrogen-bond donors (Lipinski definition) is 1. The molecule has 0 bridgehead atoms. The van der Waals surface area contributed by atoms with Crippen LogP contribution < -0.4 is 5.73 Å². The van der Waals surface area contributed by atoms with Gasteiger partial charge in [0.05, 0.1) is 3.79 Å². The van der Waals surface area contributed by atoms with Gasteiger partial charge in [-0.05, 0) is 51.3 Å². The molecule has 1 aromatic heterocycles. The summed E-state index contributed by atoms with van der Waals surface area (Å²) in [6.07, 6.45) is 1.06. The van der Waals surface area contributed by atoms with Gasteiger partial charge in [-0.2, -0.15) is 0 Å². The zero-order valence-electron chi connectivity index (χ0n) is 7.43. The Labute approximate surface area is 86.1 Å². The highest BCUT2D eigenvalue weighted by molar-refractivity contribution is 9.11. The van der Waals surface area contributed by atoms with Crippen LogP contribution in [0.5, 0.6) is 0 Å². The van der Waals surface area contributed by atoms with Crippen molar-refractivity contribution >= 4 is 27.3 Å². The monoisotopic (exact) mass is 247 g/mol. The molecule has 0 amide bonds. The second kappa shape index (κ2) is 3.90. The Bertz CT molecular complexity index is 255. The first kappa shape index (κ1) is 10.2. The lowest BCUT2D eigenvalue weighted by atomic mass is 9.87. The van der Waals surface area contributed by atoms with Gasteiger partial charge in [0.1, 0.15) is 0 Å². The number of nitrogens with two attached hydrogens (primary N) is 1. The van der Waals surface area contributed by atoms with Crippen molar-refractivity contribution in [2.75, 3.05) is 6.54 Å². The van der Waals surface area contributed by atoms with Crippen molar-refractivity contribution < 1.29 is 0 Å². The molecule has 1 aromatic rings. The zero-order chi connectivity index (χ0) is 9.19. The summed E-state index contributed by atoms with van der Waals surface area (Å²) >= 11 is 5.18. The van der Waals surface area contributed by atoms with Crippen molar-refractivity contribution in [1.29, 1.82) is 0 Å². The minimum atomic E-state index is 0.223. The van der Waals surface area contributed by atoms with Gasteiger partial charge in [-0.3, -0.25) is 0 Å². The molecule has 0 aliphatic heterocycles. The van der Waals surface area contributed by atoms with Gasteiger partial charge in [-0.1, -0.05) is 13.8 Å². The summed E-state index contributed by atoms with van der Waals surface area (Å²) in [6, 6.07) is 2.17. The first-order valence-electron chi connectivity index (χ1n) is 3.96. The van der Waals surface area contributed by atoms with E-state index in [1.165, 1.54) is 9.35 Å². The molecule has 0 saturated carbocycles. The summed E-state index contributed by atoms with van der Waals surface area (Å²) in [5.74, 6) is 0. The second-order valence-electron chi connectivity index (χ2n) is 3.80. The lowest BCUT2D eigenvalue weighted by Gasteiger charge is -2.21. The highest BCUT2D eigenvalue weighted by atomic mass is 79.9. The summed E-state index contributed by atoms with van der Waals surface area (Å²) < 4.78 is 1.20. The Morgan fingerprint density at radius 1 is 1.58 bits per heavy atom. The van der Waals surface area contributed by atoms with Crippen LogP contribution in [0.1, 0.15) is 19.4 Å². The standard InChI is InChI=1S/C9H14BrNS/c1-9(2,6-11)4-7-3-8(10)12-5-7/h3,5H,4,6,11H2,1-2H3. The first-order chi connectivity index (χ1) is 5.53. The van der Waals surface area contributed by atoms with Crippen LogP contribution in [0.4, 0.5) is 0 Å². The van der Waals surface area contributed by atoms with E-state index < -0.39 is 0 Å². The fourth-order valence-corrected chi connectivity index (χ4v) is 2.27. The Morgan fingerprint density at radius 3 is 2.67 bits per heavy atom. The minimum Gasteiger partial charge on any atom is -0.330 e. The molecular formula is C9H14BrNS. The molecule has 0 aliphatic rings. The third-order valence-electron chi connectivity index (χ3n) is 1.86. The molecule has 1 rings (SSSR count). The van der Waals surface area contributed by atoms with Gasteiger partial charge in [-0.25, -0.2) is 0 Å². The van der Waals surface area contributed by atoms with Crippen LogP contribution in [0.15, 0.2) is 15.2 Å². The molecule has 1 heterocycles. The Hall–Kier alpha value is 0.140. The van der Waals surface area contributed by atoms with Crippen LogP contribution in [-0.2, 0) is 6.42 Å². The fourth-order valence-electron chi connectivity index (χ4n) is 1.06. The highest BCUT2D eigenvalue weighted by Gasteiger charge is 2.16. The fraction of sp³-hybridized carbons (Fsp3) is 0.556. The summed E-state index contributed by atoms with van der Waals surface area (Å²) in [5, 5.41) is 2.18. The van der Waals surface area contributed by atoms with E-state index >= 15 is 0 Å². The van der Waals surface area contributed by atoms with Crippen LogP contribution in [0, 0.1) is 5.41 Å². The van der Waals surface area contributed by atoms with E-state index in [9.17, 15) is 0 Å². The maximum atomic E-state index is 5.65. The van der Waals surface area contributed by atoms with E-state index in [-0.39, 0.29) is 5.41 Å². The number of rotatable bonds is 3. The number of hydrogen-bond acceptors (Lipinski definition) is 2. The van der Waals surface area contributed by atoms with Gasteiger partial charge in [-0.15, -0.1) is 11.3 Å². The molecular weight excluding hydrogens is 234 g/mol. The van der Waals surface area contributed by atoms with Crippen molar-refractivity contribution in [3.8, 4) is 0 Å². The SMILES string of the molecule is CC(C)(CN)Cc1csc(Br)c1. The molecule has 3 heteroatoms. The van der Waals surface area contributed by atoms with Crippen LogP contribution in [-0.4, -0.2) is 6.54 Å². The van der Waals surface area contributed by atoms with Gasteiger partial charge in [0, 0.05) is 0 Å². The highest BCUT2D eigenvalue weighted by Crippen LogP contribution is 2.26. The third kappa shape index (κ3) is 2.88. The molecule has 0 spiro atoms. The molecule has 0 saturated heterocycles. The van der Waals surface area contributed by atoms with Crippen LogP contribution >= 0.6 is 27.3 Å². The lowest BCUT2D eigenvalue weighted by Crippen LogP contribution is -2.25. The minimum absolute atomic E-state index is 0.223. The first-order valence-corrected chi connectivity index (χ1v) is 5.64. The maximum absolute atomic E-state index is 5.65. The summed E-state index contributed by atoms with van der Waals surface area (Å²) in [4.78, 5) is 0. The predicted molar refractivity (Wildman–Crippen MR) is 58.6 cm³/mol. The molecule has 0 radical (unpaired) electrons.